The molecule has 3 aromatic carbocycles. The predicted octanol–water partition coefficient (Wildman–Crippen LogP) is 5.89. The molecule has 0 radical (unpaired) electrons. The molecule has 0 saturated carbocycles. The topological polar surface area (TPSA) is 98.6 Å². The Bertz CT molecular complexity index is 1460. The standard InChI is InChI=1S/C30H30ClN5O3/c1-35-15-12-21(19-35)30(39)33-23-6-4-22(5-7-23)32-28-11-8-24(18-27(28)31)34-29(38)20-2-9-25(10-3-20)36-16-13-26(37)14-17-36/h2-12,15,18-19,26,32,37H,13-14,16-17H2,1H3,(H,33,39)(H,34,38). The van der Waals surface area contributed by atoms with Crippen molar-refractivity contribution >= 4 is 51.9 Å². The van der Waals surface area contributed by atoms with Gasteiger partial charge < -0.3 is 30.5 Å². The van der Waals surface area contributed by atoms with Crippen LogP contribution in [0.25, 0.3) is 0 Å². The number of aliphatic hydroxyl groups is 1. The van der Waals surface area contributed by atoms with Gasteiger partial charge in [-0.2, -0.15) is 0 Å². The first-order valence-corrected chi connectivity index (χ1v) is 13.2. The Morgan fingerprint density at radius 2 is 1.44 bits per heavy atom. The number of hydrogen-bond acceptors (Lipinski definition) is 5. The molecule has 0 unspecified atom stereocenters. The fourth-order valence-electron chi connectivity index (χ4n) is 4.48. The Morgan fingerprint density at radius 3 is 2.08 bits per heavy atom. The van der Waals surface area contributed by atoms with Crippen LogP contribution in [0.15, 0.2) is 85.2 Å². The summed E-state index contributed by atoms with van der Waals surface area (Å²) in [5, 5.41) is 19.2. The van der Waals surface area contributed by atoms with E-state index in [0.717, 1.165) is 37.3 Å². The smallest absolute Gasteiger partial charge is 0.257 e. The SMILES string of the molecule is Cn1ccc(C(=O)Nc2ccc(Nc3ccc(NC(=O)c4ccc(N5CCC(O)CC5)cc4)cc3Cl)cc2)c1. The second kappa shape index (κ2) is 11.6. The Kier molecular flexibility index (Phi) is 7.86. The molecule has 0 spiro atoms. The van der Waals surface area contributed by atoms with Gasteiger partial charge in [-0.05, 0) is 85.6 Å². The minimum absolute atomic E-state index is 0.171. The number of carbonyl (C=O) groups is 2. The van der Waals surface area contributed by atoms with Crippen LogP contribution in [-0.2, 0) is 7.05 Å². The maximum Gasteiger partial charge on any atom is 0.257 e. The third-order valence-corrected chi connectivity index (χ3v) is 7.01. The molecule has 8 nitrogen and oxygen atoms in total. The molecule has 4 N–H and O–H groups in total. The lowest BCUT2D eigenvalue weighted by Gasteiger charge is -2.31. The number of amides is 2. The highest BCUT2D eigenvalue weighted by Gasteiger charge is 2.17. The zero-order valence-corrected chi connectivity index (χ0v) is 22.3. The highest BCUT2D eigenvalue weighted by Crippen LogP contribution is 2.29. The number of aliphatic hydroxyl groups excluding tert-OH is 1. The van der Waals surface area contributed by atoms with Crippen LogP contribution in [0.2, 0.25) is 5.02 Å². The van der Waals surface area contributed by atoms with E-state index < -0.39 is 0 Å². The van der Waals surface area contributed by atoms with Gasteiger partial charge in [0.2, 0.25) is 0 Å². The predicted molar refractivity (Wildman–Crippen MR) is 156 cm³/mol. The highest BCUT2D eigenvalue weighted by molar-refractivity contribution is 6.33. The second-order valence-electron chi connectivity index (χ2n) is 9.64. The van der Waals surface area contributed by atoms with E-state index in [1.807, 2.05) is 54.2 Å². The van der Waals surface area contributed by atoms with Gasteiger partial charge in [0.25, 0.3) is 11.8 Å². The molecule has 39 heavy (non-hydrogen) atoms. The molecule has 1 aliphatic rings. The summed E-state index contributed by atoms with van der Waals surface area (Å²) < 4.78 is 1.82. The van der Waals surface area contributed by atoms with Crippen LogP contribution < -0.4 is 20.9 Å². The van der Waals surface area contributed by atoms with Gasteiger partial charge in [-0.3, -0.25) is 9.59 Å². The van der Waals surface area contributed by atoms with Crippen molar-refractivity contribution in [2.45, 2.75) is 18.9 Å². The van der Waals surface area contributed by atoms with Gasteiger partial charge in [0.15, 0.2) is 0 Å². The summed E-state index contributed by atoms with van der Waals surface area (Å²) in [6.45, 7) is 1.61. The van der Waals surface area contributed by atoms with Crippen molar-refractivity contribution in [3.8, 4) is 0 Å². The Balaban J connectivity index is 1.16. The maximum atomic E-state index is 12.8. The van der Waals surface area contributed by atoms with E-state index in [0.29, 0.717) is 33.2 Å². The van der Waals surface area contributed by atoms with Gasteiger partial charge in [0.05, 0.1) is 22.4 Å². The average molecular weight is 544 g/mol. The minimum Gasteiger partial charge on any atom is -0.393 e. The van der Waals surface area contributed by atoms with Gasteiger partial charge in [-0.1, -0.05) is 11.6 Å². The number of benzene rings is 3. The quantitative estimate of drug-likeness (QED) is 0.233. The molecule has 1 aliphatic heterocycles. The van der Waals surface area contributed by atoms with Crippen LogP contribution in [0.5, 0.6) is 0 Å². The van der Waals surface area contributed by atoms with Crippen molar-refractivity contribution < 1.29 is 14.7 Å². The molecule has 2 heterocycles. The molecule has 9 heteroatoms. The van der Waals surface area contributed by atoms with Crippen LogP contribution in [0, 0.1) is 0 Å². The molecule has 0 atom stereocenters. The molecular weight excluding hydrogens is 514 g/mol. The van der Waals surface area contributed by atoms with E-state index in [2.05, 4.69) is 20.9 Å². The second-order valence-corrected chi connectivity index (χ2v) is 10.0. The molecule has 200 valence electrons. The first-order chi connectivity index (χ1) is 18.8. The summed E-state index contributed by atoms with van der Waals surface area (Å²) in [5.74, 6) is -0.392. The normalized spacial score (nSPS) is 13.7. The zero-order valence-electron chi connectivity index (χ0n) is 21.5. The molecule has 1 fully saturated rings. The number of nitrogens with one attached hydrogen (secondary N) is 3. The summed E-state index contributed by atoms with van der Waals surface area (Å²) in [7, 11) is 1.87. The van der Waals surface area contributed by atoms with Crippen LogP contribution in [0.3, 0.4) is 0 Å². The summed E-state index contributed by atoms with van der Waals surface area (Å²) in [6.07, 6.45) is 4.88. The van der Waals surface area contributed by atoms with Gasteiger partial charge in [-0.15, -0.1) is 0 Å². The number of anilines is 5. The summed E-state index contributed by atoms with van der Waals surface area (Å²) in [6, 6.07) is 21.9. The Labute approximate surface area is 232 Å². The molecule has 1 saturated heterocycles. The van der Waals surface area contributed by atoms with E-state index >= 15 is 0 Å². The number of carbonyl (C=O) groups excluding carboxylic acids is 2. The Morgan fingerprint density at radius 1 is 0.821 bits per heavy atom. The van der Waals surface area contributed by atoms with Crippen LogP contribution in [0.4, 0.5) is 28.4 Å². The molecule has 1 aromatic heterocycles. The monoisotopic (exact) mass is 543 g/mol. The van der Waals surface area contributed by atoms with Gasteiger partial charge in [0, 0.05) is 60.8 Å². The van der Waals surface area contributed by atoms with Crippen LogP contribution in [0.1, 0.15) is 33.6 Å². The van der Waals surface area contributed by atoms with E-state index in [1.165, 1.54) is 0 Å². The van der Waals surface area contributed by atoms with Crippen molar-refractivity contribution in [1.82, 2.24) is 4.57 Å². The lowest BCUT2D eigenvalue weighted by atomic mass is 10.1. The number of hydrogen-bond donors (Lipinski definition) is 4. The molecule has 5 rings (SSSR count). The highest BCUT2D eigenvalue weighted by atomic mass is 35.5. The number of aryl methyl sites for hydroxylation is 1. The molecule has 0 bridgehead atoms. The van der Waals surface area contributed by atoms with E-state index in [-0.39, 0.29) is 17.9 Å². The third-order valence-electron chi connectivity index (χ3n) is 6.70. The number of rotatable bonds is 7. The van der Waals surface area contributed by atoms with Gasteiger partial charge in [-0.25, -0.2) is 0 Å². The Hall–Kier alpha value is -4.27. The van der Waals surface area contributed by atoms with Crippen molar-refractivity contribution in [2.75, 3.05) is 33.9 Å². The fourth-order valence-corrected chi connectivity index (χ4v) is 4.71. The van der Waals surface area contributed by atoms with E-state index in [1.54, 1.807) is 42.6 Å². The number of nitrogens with zero attached hydrogens (tertiary/aromatic N) is 2. The average Bonchev–Trinajstić information content (AvgIpc) is 3.38. The lowest BCUT2D eigenvalue weighted by molar-refractivity contribution is 0.101. The molecule has 0 aliphatic carbocycles. The third kappa shape index (κ3) is 6.60. The minimum atomic E-state index is -0.223. The first kappa shape index (κ1) is 26.3. The van der Waals surface area contributed by atoms with Crippen LogP contribution in [-0.4, -0.2) is 40.7 Å². The number of piperidine rings is 1. The van der Waals surface area contributed by atoms with Gasteiger partial charge in [0.1, 0.15) is 0 Å². The molecular formula is C30H30ClN5O3. The largest absolute Gasteiger partial charge is 0.393 e. The molecule has 4 aromatic rings. The zero-order chi connectivity index (χ0) is 27.4. The maximum absolute atomic E-state index is 12.8. The van der Waals surface area contributed by atoms with Crippen LogP contribution >= 0.6 is 11.6 Å². The number of halogens is 1. The number of aromatic nitrogens is 1. The van der Waals surface area contributed by atoms with Gasteiger partial charge >= 0.3 is 0 Å². The van der Waals surface area contributed by atoms with E-state index in [4.69, 9.17) is 11.6 Å². The summed E-state index contributed by atoms with van der Waals surface area (Å²) in [4.78, 5) is 27.3. The summed E-state index contributed by atoms with van der Waals surface area (Å²) in [5.41, 5.74) is 4.94. The fraction of sp³-hybridized carbons (Fsp3) is 0.200. The van der Waals surface area contributed by atoms with Crippen molar-refractivity contribution in [1.29, 1.82) is 0 Å². The van der Waals surface area contributed by atoms with E-state index in [9.17, 15) is 14.7 Å². The van der Waals surface area contributed by atoms with Crippen molar-refractivity contribution in [2.24, 2.45) is 7.05 Å². The first-order valence-electron chi connectivity index (χ1n) is 12.8. The summed E-state index contributed by atoms with van der Waals surface area (Å²) >= 11 is 6.50. The molecule has 2 amide bonds. The lowest BCUT2D eigenvalue weighted by Crippen LogP contribution is -2.35. The van der Waals surface area contributed by atoms with Crippen molar-refractivity contribution in [3.05, 3.63) is 101 Å². The van der Waals surface area contributed by atoms with Crippen molar-refractivity contribution in [3.63, 3.8) is 0 Å².